The van der Waals surface area contributed by atoms with Crippen LogP contribution in [0.15, 0.2) is 0 Å². The highest BCUT2D eigenvalue weighted by Gasteiger charge is 2.27. The Labute approximate surface area is 103 Å². The Bertz CT molecular complexity index is 270. The third-order valence-corrected chi connectivity index (χ3v) is 4.07. The van der Waals surface area contributed by atoms with E-state index in [1.165, 1.54) is 12.8 Å². The molecule has 0 aromatic rings. The molecule has 0 bridgehead atoms. The van der Waals surface area contributed by atoms with E-state index in [1.54, 1.807) is 0 Å². The highest BCUT2D eigenvalue weighted by atomic mass is 16.3. The molecule has 0 spiro atoms. The molecule has 4 nitrogen and oxygen atoms in total. The van der Waals surface area contributed by atoms with Crippen LogP contribution in [-0.2, 0) is 4.79 Å². The Morgan fingerprint density at radius 1 is 1.41 bits per heavy atom. The molecule has 2 heterocycles. The Morgan fingerprint density at radius 2 is 2.24 bits per heavy atom. The maximum Gasteiger partial charge on any atom is 0.224 e. The molecule has 2 N–H and O–H groups in total. The number of carbonyl (C=O) groups excluding carboxylic acids is 1. The van der Waals surface area contributed by atoms with Crippen molar-refractivity contribution in [3.05, 3.63) is 0 Å². The second-order valence-electron chi connectivity index (χ2n) is 5.52. The first-order valence-electron chi connectivity index (χ1n) is 6.86. The highest BCUT2D eigenvalue weighted by molar-refractivity contribution is 5.77. The average Bonchev–Trinajstić information content (AvgIpc) is 2.32. The van der Waals surface area contributed by atoms with Gasteiger partial charge in [0.15, 0.2) is 0 Å². The fourth-order valence-corrected chi connectivity index (χ4v) is 2.89. The molecule has 2 aliphatic heterocycles. The summed E-state index contributed by atoms with van der Waals surface area (Å²) >= 11 is 0. The molecule has 2 aliphatic rings. The number of nitrogens with zero attached hydrogens (tertiary/aromatic N) is 1. The lowest BCUT2D eigenvalue weighted by Crippen LogP contribution is -2.47. The summed E-state index contributed by atoms with van der Waals surface area (Å²) in [4.78, 5) is 14.0. The number of β-amino-alcohol motifs (C(OH)–C–C–N with tert-alkyl or cyclic N) is 1. The van der Waals surface area contributed by atoms with E-state index < -0.39 is 0 Å². The molecular formula is C13H24N2O2. The summed E-state index contributed by atoms with van der Waals surface area (Å²) in [6.45, 7) is 4.59. The van der Waals surface area contributed by atoms with Crippen LogP contribution in [0, 0.1) is 5.92 Å². The number of piperidine rings is 2. The largest absolute Gasteiger partial charge is 0.391 e. The van der Waals surface area contributed by atoms with Crippen LogP contribution in [0.5, 0.6) is 0 Å². The number of likely N-dealkylation sites (tertiary alicyclic amines) is 1. The number of hydrogen-bond acceptors (Lipinski definition) is 3. The van der Waals surface area contributed by atoms with E-state index in [2.05, 4.69) is 12.2 Å². The summed E-state index contributed by atoms with van der Waals surface area (Å²) in [5, 5.41) is 13.0. The Kier molecular flexibility index (Phi) is 4.40. The molecule has 2 fully saturated rings. The third-order valence-electron chi connectivity index (χ3n) is 4.07. The summed E-state index contributed by atoms with van der Waals surface area (Å²) in [7, 11) is 0. The van der Waals surface area contributed by atoms with E-state index in [9.17, 15) is 9.90 Å². The van der Waals surface area contributed by atoms with Crippen molar-refractivity contribution in [3.8, 4) is 0 Å². The van der Waals surface area contributed by atoms with Crippen LogP contribution in [-0.4, -0.2) is 47.7 Å². The van der Waals surface area contributed by atoms with Crippen LogP contribution in [0.1, 0.15) is 39.0 Å². The Balaban J connectivity index is 1.83. The normalized spacial score (nSPS) is 34.7. The van der Waals surface area contributed by atoms with Gasteiger partial charge in [-0.15, -0.1) is 0 Å². The van der Waals surface area contributed by atoms with Gasteiger partial charge in [-0.1, -0.05) is 6.92 Å². The lowest BCUT2D eigenvalue weighted by molar-refractivity contribution is -0.135. The fraction of sp³-hybridized carbons (Fsp3) is 0.923. The monoisotopic (exact) mass is 240 g/mol. The van der Waals surface area contributed by atoms with E-state index in [0.29, 0.717) is 24.9 Å². The summed E-state index contributed by atoms with van der Waals surface area (Å²) in [6, 6.07) is 0.329. The molecule has 0 aromatic heterocycles. The molecule has 2 saturated heterocycles. The molecule has 1 amide bonds. The minimum absolute atomic E-state index is 0.204. The van der Waals surface area contributed by atoms with Gasteiger partial charge in [0.05, 0.1) is 6.10 Å². The van der Waals surface area contributed by atoms with Gasteiger partial charge in [-0.05, 0) is 38.1 Å². The molecule has 2 rings (SSSR count). The topological polar surface area (TPSA) is 52.6 Å². The van der Waals surface area contributed by atoms with E-state index in [4.69, 9.17) is 0 Å². The molecule has 17 heavy (non-hydrogen) atoms. The van der Waals surface area contributed by atoms with Crippen LogP contribution in [0.4, 0.5) is 0 Å². The third kappa shape index (κ3) is 3.42. The van der Waals surface area contributed by atoms with Crippen molar-refractivity contribution in [2.75, 3.05) is 19.6 Å². The number of hydrogen-bond donors (Lipinski definition) is 2. The number of rotatable bonds is 2. The van der Waals surface area contributed by atoms with Gasteiger partial charge in [-0.25, -0.2) is 0 Å². The minimum atomic E-state index is -0.315. The van der Waals surface area contributed by atoms with Crippen molar-refractivity contribution in [1.29, 1.82) is 0 Å². The van der Waals surface area contributed by atoms with E-state index in [1.807, 2.05) is 4.90 Å². The molecule has 0 aliphatic carbocycles. The number of aliphatic hydroxyl groups excluding tert-OH is 1. The van der Waals surface area contributed by atoms with Crippen molar-refractivity contribution < 1.29 is 9.90 Å². The molecular weight excluding hydrogens is 216 g/mol. The minimum Gasteiger partial charge on any atom is -0.391 e. The maximum absolute atomic E-state index is 12.1. The number of aliphatic hydroxyl groups is 1. The lowest BCUT2D eigenvalue weighted by Gasteiger charge is -2.34. The SMILES string of the molecule is CC1CCCNC1CC(=O)N1CCCC(O)C1. The van der Waals surface area contributed by atoms with E-state index >= 15 is 0 Å². The first-order valence-corrected chi connectivity index (χ1v) is 6.86. The summed E-state index contributed by atoms with van der Waals surface area (Å²) in [5.41, 5.74) is 0. The predicted octanol–water partition coefficient (Wildman–Crippen LogP) is 0.748. The molecule has 3 atom stereocenters. The second kappa shape index (κ2) is 5.83. The van der Waals surface area contributed by atoms with Gasteiger partial charge in [0.25, 0.3) is 0 Å². The number of nitrogens with one attached hydrogen (secondary N) is 1. The van der Waals surface area contributed by atoms with Crippen LogP contribution in [0.3, 0.4) is 0 Å². The Morgan fingerprint density at radius 3 is 2.94 bits per heavy atom. The molecule has 4 heteroatoms. The van der Waals surface area contributed by atoms with Gasteiger partial charge >= 0.3 is 0 Å². The number of carbonyl (C=O) groups is 1. The molecule has 0 saturated carbocycles. The van der Waals surface area contributed by atoms with Crippen LogP contribution >= 0.6 is 0 Å². The predicted molar refractivity (Wildman–Crippen MR) is 66.6 cm³/mol. The van der Waals surface area contributed by atoms with Crippen molar-refractivity contribution in [1.82, 2.24) is 10.2 Å². The van der Waals surface area contributed by atoms with E-state index in [-0.39, 0.29) is 12.0 Å². The van der Waals surface area contributed by atoms with Gasteiger partial charge in [0, 0.05) is 25.6 Å². The van der Waals surface area contributed by atoms with Gasteiger partial charge < -0.3 is 15.3 Å². The standard InChI is InChI=1S/C13H24N2O2/c1-10-4-2-6-14-12(10)8-13(17)15-7-3-5-11(16)9-15/h10-12,14,16H,2-9H2,1H3. The molecule has 98 valence electrons. The summed E-state index contributed by atoms with van der Waals surface area (Å²) in [6.07, 6.45) is 4.47. The van der Waals surface area contributed by atoms with Crippen LogP contribution in [0.25, 0.3) is 0 Å². The zero-order valence-corrected chi connectivity index (χ0v) is 10.7. The van der Waals surface area contributed by atoms with Crippen LogP contribution in [0.2, 0.25) is 0 Å². The maximum atomic E-state index is 12.1. The van der Waals surface area contributed by atoms with Crippen molar-refractivity contribution >= 4 is 5.91 Å². The quantitative estimate of drug-likeness (QED) is 0.749. The summed E-state index contributed by atoms with van der Waals surface area (Å²) in [5.74, 6) is 0.789. The average molecular weight is 240 g/mol. The van der Waals surface area contributed by atoms with Gasteiger partial charge in [0.2, 0.25) is 5.91 Å². The van der Waals surface area contributed by atoms with Crippen molar-refractivity contribution in [2.45, 2.75) is 51.2 Å². The zero-order chi connectivity index (χ0) is 12.3. The van der Waals surface area contributed by atoms with Crippen molar-refractivity contribution in [3.63, 3.8) is 0 Å². The summed E-state index contributed by atoms with van der Waals surface area (Å²) < 4.78 is 0. The van der Waals surface area contributed by atoms with Gasteiger partial charge in [-0.2, -0.15) is 0 Å². The van der Waals surface area contributed by atoms with Crippen LogP contribution < -0.4 is 5.32 Å². The Hall–Kier alpha value is -0.610. The zero-order valence-electron chi connectivity index (χ0n) is 10.7. The second-order valence-corrected chi connectivity index (χ2v) is 5.52. The van der Waals surface area contributed by atoms with Gasteiger partial charge in [0.1, 0.15) is 0 Å². The number of amides is 1. The molecule has 0 aromatic carbocycles. The smallest absolute Gasteiger partial charge is 0.224 e. The molecule has 0 radical (unpaired) electrons. The first kappa shape index (κ1) is 12.8. The fourth-order valence-electron chi connectivity index (χ4n) is 2.89. The lowest BCUT2D eigenvalue weighted by atomic mass is 9.90. The van der Waals surface area contributed by atoms with Crippen molar-refractivity contribution in [2.24, 2.45) is 5.92 Å². The van der Waals surface area contributed by atoms with Gasteiger partial charge in [-0.3, -0.25) is 4.79 Å². The molecule has 3 unspecified atom stereocenters. The highest BCUT2D eigenvalue weighted by Crippen LogP contribution is 2.20. The van der Waals surface area contributed by atoms with E-state index in [0.717, 1.165) is 25.9 Å². The first-order chi connectivity index (χ1) is 8.16.